The molecule has 5 rings (SSSR count). The van der Waals surface area contributed by atoms with Gasteiger partial charge in [-0.15, -0.1) is 0 Å². The first kappa shape index (κ1) is 18.5. The second-order valence-electron chi connectivity index (χ2n) is 6.83. The summed E-state index contributed by atoms with van der Waals surface area (Å²) in [5, 5.41) is 15.3. The molecule has 1 unspecified atom stereocenters. The van der Waals surface area contributed by atoms with Gasteiger partial charge in [0.15, 0.2) is 0 Å². The van der Waals surface area contributed by atoms with Crippen molar-refractivity contribution in [3.63, 3.8) is 0 Å². The van der Waals surface area contributed by atoms with E-state index in [1.54, 1.807) is 54.6 Å². The summed E-state index contributed by atoms with van der Waals surface area (Å²) in [6.45, 7) is 0. The number of para-hydroxylation sites is 2. The Morgan fingerprint density at radius 2 is 1.58 bits per heavy atom. The van der Waals surface area contributed by atoms with Gasteiger partial charge in [0.2, 0.25) is 5.89 Å². The highest BCUT2D eigenvalue weighted by Crippen LogP contribution is 2.40. The molecule has 1 aliphatic rings. The predicted molar refractivity (Wildman–Crippen MR) is 110 cm³/mol. The molecule has 1 aliphatic heterocycles. The molecule has 152 valence electrons. The number of esters is 1. The van der Waals surface area contributed by atoms with Crippen LogP contribution in [0.1, 0.15) is 15.9 Å². The van der Waals surface area contributed by atoms with Gasteiger partial charge in [0.1, 0.15) is 5.56 Å². The Labute approximate surface area is 174 Å². The lowest BCUT2D eigenvalue weighted by Crippen LogP contribution is -2.50. The zero-order valence-electron chi connectivity index (χ0n) is 15.8. The maximum absolute atomic E-state index is 12.6. The molecular weight excluding hydrogens is 402 g/mol. The summed E-state index contributed by atoms with van der Waals surface area (Å²) in [6.07, 6.45) is 0. The zero-order valence-corrected chi connectivity index (χ0v) is 15.8. The van der Waals surface area contributed by atoms with Crippen molar-refractivity contribution in [2.24, 2.45) is 0 Å². The molecule has 0 radical (unpaired) electrons. The molecule has 0 aliphatic carbocycles. The van der Waals surface area contributed by atoms with Crippen molar-refractivity contribution in [2.45, 2.75) is 5.85 Å². The fourth-order valence-electron chi connectivity index (χ4n) is 3.57. The Bertz CT molecular complexity index is 1430. The lowest BCUT2D eigenvalue weighted by molar-refractivity contribution is -0.622. The summed E-state index contributed by atoms with van der Waals surface area (Å²) in [6, 6.07) is 19.0. The van der Waals surface area contributed by atoms with E-state index in [1.165, 1.54) is 18.2 Å². The lowest BCUT2D eigenvalue weighted by atomic mass is 10.00. The first-order chi connectivity index (χ1) is 15.0. The van der Waals surface area contributed by atoms with Crippen LogP contribution in [0.2, 0.25) is 0 Å². The van der Waals surface area contributed by atoms with Gasteiger partial charge in [0, 0.05) is 0 Å². The maximum atomic E-state index is 12.6. The van der Waals surface area contributed by atoms with E-state index in [4.69, 9.17) is 9.15 Å². The molecule has 1 aromatic heterocycles. The van der Waals surface area contributed by atoms with Gasteiger partial charge in [-0.05, 0) is 36.4 Å². The number of nitrogens with zero attached hydrogens (tertiary/aromatic N) is 2. The first-order valence-corrected chi connectivity index (χ1v) is 9.24. The number of hydrogen-bond donors (Lipinski definition) is 1. The number of hydrogen-bond acceptors (Lipinski definition) is 8. The van der Waals surface area contributed by atoms with Crippen LogP contribution in [0.15, 0.2) is 82.0 Å². The molecule has 0 amide bonds. The van der Waals surface area contributed by atoms with Crippen molar-refractivity contribution in [3.8, 4) is 11.5 Å². The normalized spacial score (nSPS) is 17.5. The minimum atomic E-state index is -2.44. The topological polar surface area (TPSA) is 125 Å². The van der Waals surface area contributed by atoms with Gasteiger partial charge in [0.25, 0.3) is 0 Å². The average molecular weight is 415 g/mol. The van der Waals surface area contributed by atoms with Crippen LogP contribution in [0, 0.1) is 10.1 Å². The fraction of sp³-hybridized carbons (Fsp3) is 0.0455. The van der Waals surface area contributed by atoms with Crippen LogP contribution in [-0.4, -0.2) is 15.9 Å². The van der Waals surface area contributed by atoms with Crippen molar-refractivity contribution >= 4 is 22.6 Å². The molecule has 2 heterocycles. The van der Waals surface area contributed by atoms with Gasteiger partial charge < -0.3 is 9.15 Å². The van der Waals surface area contributed by atoms with Crippen molar-refractivity contribution in [3.05, 3.63) is 104 Å². The highest BCUT2D eigenvalue weighted by molar-refractivity contribution is 5.97. The lowest BCUT2D eigenvalue weighted by Gasteiger charge is -2.31. The number of nitrogens with one attached hydrogen (secondary N) is 1. The largest absolute Gasteiger partial charge is 0.478 e. The van der Waals surface area contributed by atoms with Crippen molar-refractivity contribution in [1.29, 1.82) is 0 Å². The number of carbonyl (C=O) groups excluding carboxylic acids is 1. The number of cyclic esters (lactones) is 1. The van der Waals surface area contributed by atoms with Crippen LogP contribution in [0.3, 0.4) is 0 Å². The highest BCUT2D eigenvalue weighted by Gasteiger charge is 2.55. The third kappa shape index (κ3) is 2.83. The monoisotopic (exact) mass is 415 g/mol. The van der Waals surface area contributed by atoms with Crippen LogP contribution in [-0.2, 0) is 10.6 Å². The molecule has 0 spiro atoms. The Balaban J connectivity index is 1.75. The SMILES string of the molecule is O=C1OC(c2ccccc2-c2nc3ccccc3c(=O)o2)([N+](=O)[O-])Nc2ccccc21. The number of nitro groups is 1. The van der Waals surface area contributed by atoms with Crippen LogP contribution < -0.4 is 10.9 Å². The molecule has 0 fully saturated rings. The average Bonchev–Trinajstić information content (AvgIpc) is 2.79. The Kier molecular flexibility index (Phi) is 4.04. The smallest absolute Gasteiger partial charge is 0.403 e. The van der Waals surface area contributed by atoms with Crippen molar-refractivity contribution in [2.75, 3.05) is 5.32 Å². The summed E-state index contributed by atoms with van der Waals surface area (Å²) in [5.74, 6) is -3.42. The van der Waals surface area contributed by atoms with E-state index < -0.39 is 22.4 Å². The van der Waals surface area contributed by atoms with Gasteiger partial charge in [-0.25, -0.2) is 14.6 Å². The second kappa shape index (κ2) is 6.77. The zero-order chi connectivity index (χ0) is 21.6. The van der Waals surface area contributed by atoms with Crippen LogP contribution >= 0.6 is 0 Å². The number of ether oxygens (including phenoxy) is 1. The summed E-state index contributed by atoms with van der Waals surface area (Å²) >= 11 is 0. The number of anilines is 1. The third-order valence-corrected chi connectivity index (χ3v) is 5.01. The van der Waals surface area contributed by atoms with Gasteiger partial charge in [-0.1, -0.05) is 36.4 Å². The van der Waals surface area contributed by atoms with Gasteiger partial charge in [-0.3, -0.25) is 15.4 Å². The molecule has 0 saturated heterocycles. The number of rotatable bonds is 3. The minimum absolute atomic E-state index is 0.0335. The minimum Gasteiger partial charge on any atom is -0.403 e. The summed E-state index contributed by atoms with van der Waals surface area (Å²) in [5.41, 5.74) is 0.267. The molecule has 9 heteroatoms. The highest BCUT2D eigenvalue weighted by atomic mass is 16.7. The molecule has 31 heavy (non-hydrogen) atoms. The summed E-state index contributed by atoms with van der Waals surface area (Å²) in [7, 11) is 0. The first-order valence-electron chi connectivity index (χ1n) is 9.24. The standard InChI is InChI=1S/C22H13N3O6/c26-20-14-8-2-5-11-17(14)23-19(30-20)13-7-1-4-10-16(13)22(25(28)29)24-18-12-6-3-9-15(18)21(27)31-22/h1-12,24H. The molecule has 0 saturated carbocycles. The molecule has 9 nitrogen and oxygen atoms in total. The molecular formula is C22H13N3O6. The van der Waals surface area contributed by atoms with Gasteiger partial charge in [0.05, 0.1) is 32.6 Å². The maximum Gasteiger partial charge on any atom is 0.478 e. The fourth-order valence-corrected chi connectivity index (χ4v) is 3.57. The number of benzene rings is 3. The molecule has 1 N–H and O–H groups in total. The van der Waals surface area contributed by atoms with E-state index in [0.717, 1.165) is 0 Å². The van der Waals surface area contributed by atoms with E-state index in [9.17, 15) is 19.7 Å². The Morgan fingerprint density at radius 3 is 2.39 bits per heavy atom. The van der Waals surface area contributed by atoms with E-state index in [2.05, 4.69) is 10.3 Å². The van der Waals surface area contributed by atoms with Gasteiger partial charge >= 0.3 is 17.4 Å². The second-order valence-corrected chi connectivity index (χ2v) is 6.83. The Morgan fingerprint density at radius 1 is 0.903 bits per heavy atom. The van der Waals surface area contributed by atoms with Crippen LogP contribution in [0.25, 0.3) is 22.4 Å². The van der Waals surface area contributed by atoms with Crippen molar-refractivity contribution in [1.82, 2.24) is 4.98 Å². The van der Waals surface area contributed by atoms with E-state index in [1.807, 2.05) is 0 Å². The van der Waals surface area contributed by atoms with Crippen molar-refractivity contribution < 1.29 is 18.9 Å². The number of aromatic nitrogens is 1. The summed E-state index contributed by atoms with van der Waals surface area (Å²) in [4.78, 5) is 40.9. The van der Waals surface area contributed by atoms with Gasteiger partial charge in [-0.2, -0.15) is 0 Å². The van der Waals surface area contributed by atoms with E-state index >= 15 is 0 Å². The van der Waals surface area contributed by atoms with Crippen LogP contribution in [0.5, 0.6) is 0 Å². The molecule has 0 bridgehead atoms. The van der Waals surface area contributed by atoms with Crippen LogP contribution in [0.4, 0.5) is 5.69 Å². The quantitative estimate of drug-likeness (QED) is 0.306. The molecule has 1 atom stereocenters. The molecule has 4 aromatic rings. The number of fused-ring (bicyclic) bond motifs is 2. The molecule has 3 aromatic carbocycles. The Hall–Kier alpha value is -4.53. The number of carbonyl (C=O) groups is 1. The third-order valence-electron chi connectivity index (χ3n) is 5.01. The van der Waals surface area contributed by atoms with E-state index in [-0.39, 0.29) is 33.7 Å². The predicted octanol–water partition coefficient (Wildman–Crippen LogP) is 3.52. The summed E-state index contributed by atoms with van der Waals surface area (Å²) < 4.78 is 10.7. The van der Waals surface area contributed by atoms with E-state index in [0.29, 0.717) is 5.52 Å².